The third-order valence-electron chi connectivity index (χ3n) is 4.39. The minimum Gasteiger partial charge on any atom is -0.346 e. The molecule has 0 spiro atoms. The van der Waals surface area contributed by atoms with Gasteiger partial charge in [-0.3, -0.25) is 9.89 Å². The topological polar surface area (TPSA) is 96.6 Å². The van der Waals surface area contributed by atoms with Crippen molar-refractivity contribution in [2.24, 2.45) is 0 Å². The van der Waals surface area contributed by atoms with Crippen LogP contribution in [0.2, 0.25) is 0 Å². The number of benzene rings is 1. The molecule has 27 heavy (non-hydrogen) atoms. The van der Waals surface area contributed by atoms with Crippen LogP contribution in [0.15, 0.2) is 59.9 Å². The van der Waals surface area contributed by atoms with Crippen molar-refractivity contribution in [3.05, 3.63) is 76.8 Å². The summed E-state index contributed by atoms with van der Waals surface area (Å²) in [6.07, 6.45) is 6.40. The number of aromatic amines is 2. The highest BCUT2D eigenvalue weighted by molar-refractivity contribution is 5.89. The van der Waals surface area contributed by atoms with Gasteiger partial charge in [0.1, 0.15) is 5.65 Å². The van der Waals surface area contributed by atoms with E-state index in [9.17, 15) is 4.79 Å². The number of aromatic nitrogens is 6. The third kappa shape index (κ3) is 2.38. The quantitative estimate of drug-likeness (QED) is 0.476. The summed E-state index contributed by atoms with van der Waals surface area (Å²) in [5.41, 5.74) is 3.29. The van der Waals surface area contributed by atoms with Crippen molar-refractivity contribution >= 4 is 27.6 Å². The normalized spacial score (nSPS) is 11.1. The minimum absolute atomic E-state index is 0.115. The zero-order valence-electron chi connectivity index (χ0n) is 13.8. The summed E-state index contributed by atoms with van der Waals surface area (Å²) in [6.45, 7) is 7.16. The standard InChI is InChI=1S/C19H11N7O/c1-20-13-9-23-26(10-13)19-14(7-15-17(27)4-5-21-18(15)24-19)11-2-3-16-12(6-11)8-22-25-16/h2-10H,(H,22,25)(H,21,24,27). The van der Waals surface area contributed by atoms with E-state index in [0.717, 1.165) is 22.0 Å². The van der Waals surface area contributed by atoms with Gasteiger partial charge in [0.15, 0.2) is 11.2 Å². The summed E-state index contributed by atoms with van der Waals surface area (Å²) < 4.78 is 1.55. The molecule has 0 saturated heterocycles. The van der Waals surface area contributed by atoms with Gasteiger partial charge in [-0.25, -0.2) is 14.5 Å². The van der Waals surface area contributed by atoms with Crippen LogP contribution in [0.3, 0.4) is 0 Å². The molecule has 4 heterocycles. The van der Waals surface area contributed by atoms with Crippen LogP contribution in [0.1, 0.15) is 0 Å². The van der Waals surface area contributed by atoms with E-state index in [0.29, 0.717) is 22.5 Å². The van der Waals surface area contributed by atoms with Crippen LogP contribution in [-0.4, -0.2) is 29.9 Å². The Morgan fingerprint density at radius 3 is 2.93 bits per heavy atom. The maximum atomic E-state index is 12.3. The second-order valence-corrected chi connectivity index (χ2v) is 6.02. The molecule has 128 valence electrons. The van der Waals surface area contributed by atoms with Gasteiger partial charge >= 0.3 is 0 Å². The fourth-order valence-corrected chi connectivity index (χ4v) is 3.07. The number of nitrogens with zero attached hydrogens (tertiary/aromatic N) is 5. The van der Waals surface area contributed by atoms with Crippen LogP contribution in [0.25, 0.3) is 43.7 Å². The maximum Gasteiger partial charge on any atom is 0.224 e. The molecule has 2 N–H and O–H groups in total. The fourth-order valence-electron chi connectivity index (χ4n) is 3.07. The summed E-state index contributed by atoms with van der Waals surface area (Å²) in [7, 11) is 0. The highest BCUT2D eigenvalue weighted by atomic mass is 16.1. The van der Waals surface area contributed by atoms with E-state index in [4.69, 9.17) is 6.57 Å². The predicted octanol–water partition coefficient (Wildman–Crippen LogP) is 3.20. The highest BCUT2D eigenvalue weighted by Crippen LogP contribution is 2.30. The zero-order chi connectivity index (χ0) is 18.4. The SMILES string of the molecule is [C-]#[N+]c1cnn(-c2nc3[nH]ccc(=O)c3cc2-c2ccc3[nH]ncc3c2)c1. The van der Waals surface area contributed by atoms with E-state index < -0.39 is 0 Å². The summed E-state index contributed by atoms with van der Waals surface area (Å²) in [4.78, 5) is 23.3. The first-order valence-electron chi connectivity index (χ1n) is 8.11. The van der Waals surface area contributed by atoms with E-state index in [1.807, 2.05) is 18.2 Å². The highest BCUT2D eigenvalue weighted by Gasteiger charge is 2.15. The Kier molecular flexibility index (Phi) is 3.14. The Balaban J connectivity index is 1.84. The lowest BCUT2D eigenvalue weighted by Gasteiger charge is -2.11. The van der Waals surface area contributed by atoms with Crippen molar-refractivity contribution in [1.29, 1.82) is 0 Å². The Labute approximate surface area is 151 Å². The molecule has 4 aromatic heterocycles. The minimum atomic E-state index is -0.115. The molecule has 0 amide bonds. The van der Waals surface area contributed by atoms with E-state index in [2.05, 4.69) is 30.1 Å². The lowest BCUT2D eigenvalue weighted by molar-refractivity contribution is 0.853. The Morgan fingerprint density at radius 2 is 2.07 bits per heavy atom. The van der Waals surface area contributed by atoms with Crippen LogP contribution in [0.5, 0.6) is 0 Å². The molecule has 0 aliphatic carbocycles. The van der Waals surface area contributed by atoms with Gasteiger partial charge < -0.3 is 4.98 Å². The van der Waals surface area contributed by atoms with E-state index in [1.165, 1.54) is 12.3 Å². The van der Waals surface area contributed by atoms with Gasteiger partial charge in [-0.15, -0.1) is 0 Å². The first kappa shape index (κ1) is 15.0. The summed E-state index contributed by atoms with van der Waals surface area (Å²) in [5, 5.41) is 12.7. The average Bonchev–Trinajstić information content (AvgIpc) is 3.36. The van der Waals surface area contributed by atoms with Crippen molar-refractivity contribution in [2.45, 2.75) is 0 Å². The molecule has 0 saturated carbocycles. The second kappa shape index (κ2) is 5.64. The van der Waals surface area contributed by atoms with E-state index in [1.54, 1.807) is 29.3 Å². The molecule has 8 nitrogen and oxygen atoms in total. The van der Waals surface area contributed by atoms with Crippen molar-refractivity contribution < 1.29 is 0 Å². The van der Waals surface area contributed by atoms with Gasteiger partial charge in [0.05, 0.1) is 29.9 Å². The molecule has 0 fully saturated rings. The molecule has 0 atom stereocenters. The predicted molar refractivity (Wildman–Crippen MR) is 101 cm³/mol. The monoisotopic (exact) mass is 353 g/mol. The number of H-pyrrole nitrogens is 2. The number of nitrogens with one attached hydrogen (secondary N) is 2. The van der Waals surface area contributed by atoms with Gasteiger partial charge in [0.25, 0.3) is 0 Å². The molecule has 1 aromatic carbocycles. The Hall–Kier alpha value is -4.25. The third-order valence-corrected chi connectivity index (χ3v) is 4.39. The van der Waals surface area contributed by atoms with Crippen LogP contribution < -0.4 is 5.43 Å². The van der Waals surface area contributed by atoms with Gasteiger partial charge in [0.2, 0.25) is 5.69 Å². The Bertz CT molecular complexity index is 1420. The molecular weight excluding hydrogens is 342 g/mol. The molecule has 0 radical (unpaired) electrons. The number of hydrogen-bond donors (Lipinski definition) is 2. The smallest absolute Gasteiger partial charge is 0.224 e. The molecular formula is C19H11N7O. The van der Waals surface area contributed by atoms with E-state index in [-0.39, 0.29) is 5.43 Å². The molecule has 0 bridgehead atoms. The number of rotatable bonds is 2. The molecule has 8 heteroatoms. The van der Waals surface area contributed by atoms with Gasteiger partial charge in [-0.05, 0) is 23.8 Å². The van der Waals surface area contributed by atoms with Crippen LogP contribution >= 0.6 is 0 Å². The molecule has 0 aliphatic heterocycles. The van der Waals surface area contributed by atoms with Gasteiger partial charge in [-0.1, -0.05) is 6.07 Å². The fraction of sp³-hybridized carbons (Fsp3) is 0. The summed E-state index contributed by atoms with van der Waals surface area (Å²) in [6, 6.07) is 9.11. The van der Waals surface area contributed by atoms with Crippen molar-refractivity contribution in [3.63, 3.8) is 0 Å². The van der Waals surface area contributed by atoms with Gasteiger partial charge in [0, 0.05) is 29.4 Å². The van der Waals surface area contributed by atoms with Crippen molar-refractivity contribution in [3.8, 4) is 16.9 Å². The van der Waals surface area contributed by atoms with Crippen LogP contribution in [0, 0.1) is 6.57 Å². The van der Waals surface area contributed by atoms with Crippen molar-refractivity contribution in [1.82, 2.24) is 29.9 Å². The molecule has 5 rings (SSSR count). The lowest BCUT2D eigenvalue weighted by atomic mass is 10.0. The van der Waals surface area contributed by atoms with E-state index >= 15 is 0 Å². The average molecular weight is 353 g/mol. The number of fused-ring (bicyclic) bond motifs is 2. The lowest BCUT2D eigenvalue weighted by Crippen LogP contribution is -2.07. The van der Waals surface area contributed by atoms with Crippen LogP contribution in [-0.2, 0) is 0 Å². The summed E-state index contributed by atoms with van der Waals surface area (Å²) in [5.74, 6) is 0.530. The second-order valence-electron chi connectivity index (χ2n) is 6.02. The molecule has 0 unspecified atom stereocenters. The maximum absolute atomic E-state index is 12.3. The number of hydrogen-bond acceptors (Lipinski definition) is 4. The summed E-state index contributed by atoms with van der Waals surface area (Å²) >= 11 is 0. The number of pyridine rings is 2. The first-order valence-corrected chi connectivity index (χ1v) is 8.11. The van der Waals surface area contributed by atoms with Crippen LogP contribution in [0.4, 0.5) is 5.69 Å². The van der Waals surface area contributed by atoms with Gasteiger partial charge in [-0.2, -0.15) is 10.2 Å². The first-order chi connectivity index (χ1) is 13.2. The largest absolute Gasteiger partial charge is 0.346 e. The Morgan fingerprint density at radius 1 is 1.15 bits per heavy atom. The molecule has 5 aromatic rings. The molecule has 0 aliphatic rings. The van der Waals surface area contributed by atoms with Crippen molar-refractivity contribution in [2.75, 3.05) is 0 Å². The zero-order valence-corrected chi connectivity index (χ0v) is 13.8.